The van der Waals surface area contributed by atoms with Crippen LogP contribution in [0.25, 0.3) is 10.9 Å². The minimum absolute atomic E-state index is 0.0717. The van der Waals surface area contributed by atoms with E-state index in [9.17, 15) is 9.59 Å². The fourth-order valence-electron chi connectivity index (χ4n) is 4.55. The van der Waals surface area contributed by atoms with Crippen LogP contribution in [0.3, 0.4) is 0 Å². The van der Waals surface area contributed by atoms with E-state index in [1.54, 1.807) is 0 Å². The first-order valence-electron chi connectivity index (χ1n) is 9.55. The molecule has 3 aliphatic heterocycles. The van der Waals surface area contributed by atoms with Gasteiger partial charge >= 0.3 is 0 Å². The molecule has 0 radical (unpaired) electrons. The number of carbonyl (C=O) groups is 2. The first kappa shape index (κ1) is 16.5. The van der Waals surface area contributed by atoms with E-state index in [4.69, 9.17) is 4.74 Å². The van der Waals surface area contributed by atoms with Gasteiger partial charge in [-0.05, 0) is 30.9 Å². The smallest absolute Gasteiger partial charge is 0.270 e. The van der Waals surface area contributed by atoms with E-state index in [0.717, 1.165) is 24.8 Å². The number of hydrogen-bond donors (Lipinski definition) is 2. The number of likely N-dealkylation sites (tertiary alicyclic amines) is 1. The first-order chi connectivity index (χ1) is 13.2. The van der Waals surface area contributed by atoms with Gasteiger partial charge in [-0.15, -0.1) is 0 Å². The Morgan fingerprint density at radius 3 is 2.74 bits per heavy atom. The van der Waals surface area contributed by atoms with Crippen LogP contribution in [-0.2, 0) is 26.3 Å². The Balaban J connectivity index is 1.38. The number of fused-ring (bicyclic) bond motifs is 4. The molecule has 7 nitrogen and oxygen atoms in total. The molecule has 4 heterocycles. The Hall–Kier alpha value is -2.67. The Labute approximate surface area is 156 Å². The van der Waals surface area contributed by atoms with E-state index in [1.165, 1.54) is 16.6 Å². The number of nitrogens with zero attached hydrogens (tertiary/aromatic N) is 2. The number of hydrogen-bond acceptors (Lipinski definition) is 4. The third kappa shape index (κ3) is 2.65. The maximum Gasteiger partial charge on any atom is 0.270 e. The van der Waals surface area contributed by atoms with Gasteiger partial charge in [0, 0.05) is 36.8 Å². The Bertz CT molecular complexity index is 953. The van der Waals surface area contributed by atoms with Crippen molar-refractivity contribution in [1.29, 1.82) is 0 Å². The van der Waals surface area contributed by atoms with Crippen molar-refractivity contribution >= 4 is 28.4 Å². The quantitative estimate of drug-likeness (QED) is 0.807. The third-order valence-corrected chi connectivity index (χ3v) is 6.01. The molecule has 0 atom stereocenters. The van der Waals surface area contributed by atoms with Crippen molar-refractivity contribution in [3.8, 4) is 0 Å². The van der Waals surface area contributed by atoms with Gasteiger partial charge in [0.2, 0.25) is 5.91 Å². The van der Waals surface area contributed by atoms with Crippen molar-refractivity contribution in [3.05, 3.63) is 35.5 Å². The van der Waals surface area contributed by atoms with Crippen LogP contribution in [0.2, 0.25) is 0 Å². The van der Waals surface area contributed by atoms with Crippen LogP contribution < -0.4 is 5.43 Å². The summed E-state index contributed by atoms with van der Waals surface area (Å²) in [7, 11) is 0. The molecule has 27 heavy (non-hydrogen) atoms. The van der Waals surface area contributed by atoms with Crippen molar-refractivity contribution in [2.75, 3.05) is 19.7 Å². The Morgan fingerprint density at radius 2 is 1.96 bits per heavy atom. The summed E-state index contributed by atoms with van der Waals surface area (Å²) in [6.07, 6.45) is 3.18. The van der Waals surface area contributed by atoms with E-state index in [1.807, 2.05) is 11.0 Å². The maximum absolute atomic E-state index is 12.7. The maximum atomic E-state index is 12.7. The van der Waals surface area contributed by atoms with Crippen molar-refractivity contribution < 1.29 is 14.3 Å². The number of para-hydroxylation sites is 1. The lowest BCUT2D eigenvalue weighted by atomic mass is 9.83. The summed E-state index contributed by atoms with van der Waals surface area (Å²) in [6, 6.07) is 8.39. The van der Waals surface area contributed by atoms with Crippen LogP contribution in [0.5, 0.6) is 0 Å². The van der Waals surface area contributed by atoms with Crippen LogP contribution in [-0.4, -0.2) is 47.1 Å². The Kier molecular flexibility index (Phi) is 3.79. The van der Waals surface area contributed by atoms with Gasteiger partial charge in [-0.2, -0.15) is 5.10 Å². The van der Waals surface area contributed by atoms with E-state index < -0.39 is 0 Å². The molecule has 1 aromatic carbocycles. The molecule has 1 aromatic heterocycles. The number of amides is 2. The van der Waals surface area contributed by atoms with Crippen molar-refractivity contribution in [2.24, 2.45) is 5.10 Å². The number of carbonyl (C=O) groups excluding carboxylic acids is 2. The van der Waals surface area contributed by atoms with Gasteiger partial charge in [0.05, 0.1) is 12.3 Å². The third-order valence-electron chi connectivity index (χ3n) is 6.01. The molecule has 0 unspecified atom stereocenters. The minimum atomic E-state index is -0.341. The molecule has 2 amide bonds. The molecular formula is C20H22N4O3. The highest BCUT2D eigenvalue weighted by atomic mass is 16.5. The molecule has 5 rings (SSSR count). The highest BCUT2D eigenvalue weighted by Crippen LogP contribution is 2.43. The van der Waals surface area contributed by atoms with Crippen LogP contribution >= 0.6 is 0 Å². The number of H-pyrrole nitrogens is 1. The number of rotatable bonds is 1. The molecule has 0 aliphatic carbocycles. The number of aromatic amines is 1. The minimum Gasteiger partial charge on any atom is -0.368 e. The van der Waals surface area contributed by atoms with Crippen molar-refractivity contribution in [1.82, 2.24) is 15.3 Å². The molecule has 3 aliphatic rings. The van der Waals surface area contributed by atoms with Crippen LogP contribution in [0.4, 0.5) is 0 Å². The van der Waals surface area contributed by atoms with Gasteiger partial charge in [-0.25, -0.2) is 5.43 Å². The summed E-state index contributed by atoms with van der Waals surface area (Å²) in [5, 5.41) is 5.22. The molecule has 1 saturated heterocycles. The standard InChI is InChI=1S/C20H22N4O3/c25-17-6-5-16(22-23-17)19(26)24-10-8-20(9-11-24)18-14(7-12-27-20)13-3-1-2-4-15(13)21-18/h1-4,21H,5-12H2,(H,23,25). The predicted molar refractivity (Wildman–Crippen MR) is 100 cm³/mol. The van der Waals surface area contributed by atoms with E-state index in [2.05, 4.69) is 33.7 Å². The number of ether oxygens (including phenoxy) is 1. The Morgan fingerprint density at radius 1 is 1.15 bits per heavy atom. The number of benzene rings is 1. The molecule has 0 saturated carbocycles. The zero-order chi connectivity index (χ0) is 18.4. The lowest BCUT2D eigenvalue weighted by Gasteiger charge is -2.43. The average molecular weight is 366 g/mol. The van der Waals surface area contributed by atoms with Gasteiger partial charge in [0.15, 0.2) is 0 Å². The van der Waals surface area contributed by atoms with Gasteiger partial charge in [0.1, 0.15) is 11.3 Å². The fraction of sp³-hybridized carbons (Fsp3) is 0.450. The van der Waals surface area contributed by atoms with E-state index in [-0.39, 0.29) is 17.4 Å². The van der Waals surface area contributed by atoms with Gasteiger partial charge in [-0.1, -0.05) is 18.2 Å². The number of nitrogens with one attached hydrogen (secondary N) is 2. The van der Waals surface area contributed by atoms with Crippen molar-refractivity contribution in [3.63, 3.8) is 0 Å². The number of hydrazone groups is 1. The molecule has 1 fully saturated rings. The average Bonchev–Trinajstić information content (AvgIpc) is 3.09. The summed E-state index contributed by atoms with van der Waals surface area (Å²) in [5.74, 6) is -0.205. The molecule has 2 N–H and O–H groups in total. The highest BCUT2D eigenvalue weighted by Gasteiger charge is 2.44. The topological polar surface area (TPSA) is 86.8 Å². The van der Waals surface area contributed by atoms with Crippen LogP contribution in [0, 0.1) is 0 Å². The molecule has 7 heteroatoms. The van der Waals surface area contributed by atoms with Gasteiger partial charge in [0.25, 0.3) is 5.91 Å². The van der Waals surface area contributed by atoms with Crippen LogP contribution in [0.1, 0.15) is 36.9 Å². The van der Waals surface area contributed by atoms with Crippen molar-refractivity contribution in [2.45, 2.75) is 37.7 Å². The molecule has 2 aromatic rings. The zero-order valence-electron chi connectivity index (χ0n) is 15.1. The summed E-state index contributed by atoms with van der Waals surface area (Å²) in [6.45, 7) is 1.96. The second-order valence-corrected chi connectivity index (χ2v) is 7.50. The molecule has 0 bridgehead atoms. The lowest BCUT2D eigenvalue weighted by molar-refractivity contribution is -0.134. The van der Waals surface area contributed by atoms with Gasteiger partial charge < -0.3 is 14.6 Å². The monoisotopic (exact) mass is 366 g/mol. The second-order valence-electron chi connectivity index (χ2n) is 7.50. The number of piperidine rings is 1. The molecular weight excluding hydrogens is 344 g/mol. The summed E-state index contributed by atoms with van der Waals surface area (Å²) >= 11 is 0. The van der Waals surface area contributed by atoms with E-state index in [0.29, 0.717) is 38.2 Å². The lowest BCUT2D eigenvalue weighted by Crippen LogP contribution is -2.50. The molecule has 1 spiro atoms. The highest BCUT2D eigenvalue weighted by molar-refractivity contribution is 6.39. The zero-order valence-corrected chi connectivity index (χ0v) is 15.1. The molecule has 140 valence electrons. The summed E-state index contributed by atoms with van der Waals surface area (Å²) in [5.41, 5.74) is 6.21. The second kappa shape index (κ2) is 6.20. The SMILES string of the molecule is O=C1CCC(C(=O)N2CCC3(CC2)OCCc2c3[nH]c3ccccc23)=NN1. The predicted octanol–water partition coefficient (Wildman–Crippen LogP) is 1.82. The van der Waals surface area contributed by atoms with Crippen LogP contribution in [0.15, 0.2) is 29.4 Å². The summed E-state index contributed by atoms with van der Waals surface area (Å²) in [4.78, 5) is 29.4. The first-order valence-corrected chi connectivity index (χ1v) is 9.55. The largest absolute Gasteiger partial charge is 0.368 e. The van der Waals surface area contributed by atoms with E-state index >= 15 is 0 Å². The number of aromatic nitrogens is 1. The fourth-order valence-corrected chi connectivity index (χ4v) is 4.55. The summed E-state index contributed by atoms with van der Waals surface area (Å²) < 4.78 is 6.29. The normalized spacial score (nSPS) is 21.7. The van der Waals surface area contributed by atoms with Gasteiger partial charge in [-0.3, -0.25) is 9.59 Å².